The zero-order chi connectivity index (χ0) is 16.1. The van der Waals surface area contributed by atoms with Crippen LogP contribution in [-0.2, 0) is 4.74 Å². The number of nitriles is 1. The van der Waals surface area contributed by atoms with Crippen molar-refractivity contribution in [3.05, 3.63) is 53.1 Å². The Balaban J connectivity index is 2.45. The molecule has 0 fully saturated rings. The molecule has 1 aromatic carbocycles. The van der Waals surface area contributed by atoms with E-state index in [1.165, 1.54) is 30.0 Å². The topological polar surface area (TPSA) is 67.0 Å². The van der Waals surface area contributed by atoms with E-state index in [4.69, 9.17) is 10.00 Å². The van der Waals surface area contributed by atoms with Gasteiger partial charge in [-0.25, -0.2) is 4.39 Å². The lowest BCUT2D eigenvalue weighted by molar-refractivity contribution is 0.0930. The third kappa shape index (κ3) is 3.15. The molecule has 0 bridgehead atoms. The minimum Gasteiger partial charge on any atom is -0.383 e. The Kier molecular flexibility index (Phi) is 4.92. The number of nitrogens with zero attached hydrogens (tertiary/aromatic N) is 2. The first-order chi connectivity index (χ1) is 10.6. The van der Waals surface area contributed by atoms with Crippen molar-refractivity contribution < 1.29 is 13.9 Å². The highest BCUT2D eigenvalue weighted by molar-refractivity contribution is 5.95. The molecule has 22 heavy (non-hydrogen) atoms. The lowest BCUT2D eigenvalue weighted by atomic mass is 10.2. The second-order valence-electron chi connectivity index (χ2n) is 4.76. The summed E-state index contributed by atoms with van der Waals surface area (Å²) in [5, 5.41) is 11.8. The minimum atomic E-state index is -0.461. The van der Waals surface area contributed by atoms with Crippen molar-refractivity contribution in [1.29, 1.82) is 5.26 Å². The number of hydrogen-bond donors (Lipinski definition) is 1. The second-order valence-corrected chi connectivity index (χ2v) is 4.76. The van der Waals surface area contributed by atoms with E-state index in [0.717, 1.165) is 5.56 Å². The monoisotopic (exact) mass is 301 g/mol. The highest BCUT2D eigenvalue weighted by Crippen LogP contribution is 2.21. The maximum Gasteiger partial charge on any atom is 0.269 e. The number of aryl methyl sites for hydroxylation is 1. The molecule has 0 aliphatic heterocycles. The predicted molar refractivity (Wildman–Crippen MR) is 79.4 cm³/mol. The molecule has 0 aliphatic rings. The molecule has 0 spiro atoms. The van der Waals surface area contributed by atoms with E-state index in [2.05, 4.69) is 5.32 Å². The number of benzene rings is 1. The molecule has 2 aromatic rings. The molecular formula is C16H16FN3O2. The first-order valence-corrected chi connectivity index (χ1v) is 6.73. The summed E-state index contributed by atoms with van der Waals surface area (Å²) in [7, 11) is 1.53. The van der Waals surface area contributed by atoms with E-state index in [1.807, 2.05) is 13.0 Å². The summed E-state index contributed by atoms with van der Waals surface area (Å²) in [6.07, 6.45) is 1.52. The largest absolute Gasteiger partial charge is 0.383 e. The van der Waals surface area contributed by atoms with Gasteiger partial charge in [0.15, 0.2) is 0 Å². The number of aromatic nitrogens is 1. The first-order valence-electron chi connectivity index (χ1n) is 6.73. The van der Waals surface area contributed by atoms with Crippen molar-refractivity contribution in [2.45, 2.75) is 6.92 Å². The standard InChI is InChI=1S/C16H16FN3O2/c1-11-3-4-13(17)14(9-11)20-7-5-12(10-18)15(20)16(21)19-6-8-22-2/h3-5,7,9H,6,8H2,1-2H3,(H,19,21). The highest BCUT2D eigenvalue weighted by atomic mass is 19.1. The van der Waals surface area contributed by atoms with Gasteiger partial charge in [-0.1, -0.05) is 6.07 Å². The normalized spacial score (nSPS) is 10.3. The molecule has 1 N–H and O–H groups in total. The number of methoxy groups -OCH3 is 1. The Morgan fingerprint density at radius 1 is 1.45 bits per heavy atom. The lowest BCUT2D eigenvalue weighted by Crippen LogP contribution is -2.29. The van der Waals surface area contributed by atoms with Gasteiger partial charge >= 0.3 is 0 Å². The average Bonchev–Trinajstić information content (AvgIpc) is 2.93. The van der Waals surface area contributed by atoms with Crippen LogP contribution >= 0.6 is 0 Å². The van der Waals surface area contributed by atoms with E-state index in [1.54, 1.807) is 12.1 Å². The fraction of sp³-hybridized carbons (Fsp3) is 0.250. The number of amides is 1. The van der Waals surface area contributed by atoms with Crippen molar-refractivity contribution in [3.63, 3.8) is 0 Å². The number of ether oxygens (including phenoxy) is 1. The van der Waals surface area contributed by atoms with Gasteiger partial charge in [-0.05, 0) is 30.7 Å². The van der Waals surface area contributed by atoms with Crippen molar-refractivity contribution >= 4 is 5.91 Å². The quantitative estimate of drug-likeness (QED) is 0.861. The molecule has 0 saturated carbocycles. The van der Waals surface area contributed by atoms with Gasteiger partial charge in [0.05, 0.1) is 17.9 Å². The SMILES string of the molecule is COCCNC(=O)c1c(C#N)ccn1-c1cc(C)ccc1F. The van der Waals surface area contributed by atoms with Gasteiger partial charge in [0, 0.05) is 19.9 Å². The molecule has 1 amide bonds. The number of nitrogens with one attached hydrogen (secondary N) is 1. The summed E-state index contributed by atoms with van der Waals surface area (Å²) >= 11 is 0. The van der Waals surface area contributed by atoms with Crippen molar-refractivity contribution in [2.24, 2.45) is 0 Å². The van der Waals surface area contributed by atoms with Gasteiger partial charge in [0.1, 0.15) is 17.6 Å². The second kappa shape index (κ2) is 6.87. The number of rotatable bonds is 5. The Bertz CT molecular complexity index is 731. The summed E-state index contributed by atoms with van der Waals surface area (Å²) in [6.45, 7) is 2.49. The Morgan fingerprint density at radius 2 is 2.23 bits per heavy atom. The molecule has 0 radical (unpaired) electrons. The molecule has 0 unspecified atom stereocenters. The Morgan fingerprint density at radius 3 is 2.91 bits per heavy atom. The molecule has 0 aliphatic carbocycles. The Hall–Kier alpha value is -2.65. The van der Waals surface area contributed by atoms with Crippen LogP contribution in [0.3, 0.4) is 0 Å². The van der Waals surface area contributed by atoms with Crippen LogP contribution in [-0.4, -0.2) is 30.7 Å². The third-order valence-electron chi connectivity index (χ3n) is 3.17. The zero-order valence-electron chi connectivity index (χ0n) is 12.4. The third-order valence-corrected chi connectivity index (χ3v) is 3.17. The van der Waals surface area contributed by atoms with Crippen molar-refractivity contribution in [3.8, 4) is 11.8 Å². The van der Waals surface area contributed by atoms with Crippen molar-refractivity contribution in [1.82, 2.24) is 9.88 Å². The van der Waals surface area contributed by atoms with Crippen LogP contribution < -0.4 is 5.32 Å². The first kappa shape index (κ1) is 15.7. The zero-order valence-corrected chi connectivity index (χ0v) is 12.4. The van der Waals surface area contributed by atoms with Crippen LogP contribution in [0.25, 0.3) is 5.69 Å². The van der Waals surface area contributed by atoms with Crippen LogP contribution in [0.2, 0.25) is 0 Å². The molecule has 1 aromatic heterocycles. The number of halogens is 1. The number of carbonyl (C=O) groups is 1. The maximum atomic E-state index is 14.1. The molecule has 5 nitrogen and oxygen atoms in total. The minimum absolute atomic E-state index is 0.114. The molecular weight excluding hydrogens is 285 g/mol. The van der Waals surface area contributed by atoms with E-state index >= 15 is 0 Å². The fourth-order valence-corrected chi connectivity index (χ4v) is 2.11. The molecule has 0 atom stereocenters. The van der Waals surface area contributed by atoms with Crippen LogP contribution in [0.5, 0.6) is 0 Å². The van der Waals surface area contributed by atoms with Crippen LogP contribution in [0.1, 0.15) is 21.6 Å². The average molecular weight is 301 g/mol. The number of hydrogen-bond acceptors (Lipinski definition) is 3. The summed E-state index contributed by atoms with van der Waals surface area (Å²) < 4.78 is 20.3. The van der Waals surface area contributed by atoms with Gasteiger partial charge in [-0.3, -0.25) is 4.79 Å². The summed E-state index contributed by atoms with van der Waals surface area (Å²) in [6, 6.07) is 8.06. The van der Waals surface area contributed by atoms with Crippen molar-refractivity contribution in [2.75, 3.05) is 20.3 Å². The fourth-order valence-electron chi connectivity index (χ4n) is 2.11. The molecule has 114 valence electrons. The molecule has 2 rings (SSSR count). The summed E-state index contributed by atoms with van der Waals surface area (Å²) in [5.41, 5.74) is 1.40. The van der Waals surface area contributed by atoms with E-state index < -0.39 is 11.7 Å². The van der Waals surface area contributed by atoms with Gasteiger partial charge in [-0.2, -0.15) is 5.26 Å². The smallest absolute Gasteiger partial charge is 0.269 e. The molecule has 6 heteroatoms. The maximum absolute atomic E-state index is 14.1. The van der Waals surface area contributed by atoms with Gasteiger partial charge in [0.25, 0.3) is 5.91 Å². The number of carbonyl (C=O) groups excluding carboxylic acids is 1. The summed E-state index contributed by atoms with van der Waals surface area (Å²) in [5.74, 6) is -0.906. The van der Waals surface area contributed by atoms with Crippen LogP contribution in [0, 0.1) is 24.1 Å². The molecule has 0 saturated heterocycles. The van der Waals surface area contributed by atoms with Gasteiger partial charge in [-0.15, -0.1) is 0 Å². The van der Waals surface area contributed by atoms with Crippen LogP contribution in [0.15, 0.2) is 30.5 Å². The highest BCUT2D eigenvalue weighted by Gasteiger charge is 2.19. The predicted octanol–water partition coefficient (Wildman–Crippen LogP) is 2.17. The summed E-state index contributed by atoms with van der Waals surface area (Å²) in [4.78, 5) is 12.3. The van der Waals surface area contributed by atoms with E-state index in [0.29, 0.717) is 13.2 Å². The van der Waals surface area contributed by atoms with E-state index in [-0.39, 0.29) is 16.9 Å². The molecule has 1 heterocycles. The Labute approximate surface area is 127 Å². The van der Waals surface area contributed by atoms with E-state index in [9.17, 15) is 9.18 Å². The van der Waals surface area contributed by atoms with Gasteiger partial charge < -0.3 is 14.6 Å². The lowest BCUT2D eigenvalue weighted by Gasteiger charge is -2.12. The van der Waals surface area contributed by atoms with Crippen LogP contribution in [0.4, 0.5) is 4.39 Å². The van der Waals surface area contributed by atoms with Gasteiger partial charge in [0.2, 0.25) is 0 Å².